The van der Waals surface area contributed by atoms with Gasteiger partial charge in [0.05, 0.1) is 0 Å². The van der Waals surface area contributed by atoms with Crippen LogP contribution in [-0.2, 0) is 6.42 Å². The fraction of sp³-hybridized carbons (Fsp3) is 0.571. The van der Waals surface area contributed by atoms with Gasteiger partial charge in [-0.05, 0) is 36.9 Å². The minimum absolute atomic E-state index is 0.405. The molecule has 0 radical (unpaired) electrons. The molecule has 2 heteroatoms. The van der Waals surface area contributed by atoms with Crippen LogP contribution < -0.4 is 5.32 Å². The number of rotatable bonds is 6. The predicted molar refractivity (Wildman–Crippen MR) is 68.7 cm³/mol. The van der Waals surface area contributed by atoms with Gasteiger partial charge in [0.15, 0.2) is 0 Å². The first-order valence-electron chi connectivity index (χ1n) is 6.15. The summed E-state index contributed by atoms with van der Waals surface area (Å²) in [5.41, 5.74) is 1.02. The van der Waals surface area contributed by atoms with Gasteiger partial charge in [0, 0.05) is 6.04 Å². The van der Waals surface area contributed by atoms with Crippen LogP contribution in [0.25, 0.3) is 0 Å². The van der Waals surface area contributed by atoms with Gasteiger partial charge in [-0.2, -0.15) is 0 Å². The van der Waals surface area contributed by atoms with E-state index < -0.39 is 0 Å². The summed E-state index contributed by atoms with van der Waals surface area (Å²) in [5.74, 6) is 1.07. The molecule has 1 aromatic rings. The summed E-state index contributed by atoms with van der Waals surface area (Å²) in [6.45, 7) is 7.61. The van der Waals surface area contributed by atoms with Gasteiger partial charge in [-0.1, -0.05) is 39.0 Å². The van der Waals surface area contributed by atoms with E-state index in [1.165, 1.54) is 0 Å². The van der Waals surface area contributed by atoms with E-state index in [1.807, 2.05) is 18.2 Å². The minimum Gasteiger partial charge on any atom is -0.508 e. The molecule has 2 nitrogen and oxygen atoms in total. The molecule has 0 aromatic heterocycles. The SMILES string of the molecule is CCC(NCCc1ccccc1O)C(C)C. The lowest BCUT2D eigenvalue weighted by molar-refractivity contribution is 0.389. The van der Waals surface area contributed by atoms with Crippen LogP contribution >= 0.6 is 0 Å². The van der Waals surface area contributed by atoms with Crippen LogP contribution in [0.1, 0.15) is 32.8 Å². The van der Waals surface area contributed by atoms with Crippen LogP contribution in [-0.4, -0.2) is 17.7 Å². The molecule has 0 saturated carbocycles. The van der Waals surface area contributed by atoms with E-state index in [1.54, 1.807) is 6.07 Å². The Labute approximate surface area is 98.7 Å². The Morgan fingerprint density at radius 1 is 1.25 bits per heavy atom. The Morgan fingerprint density at radius 2 is 1.94 bits per heavy atom. The van der Waals surface area contributed by atoms with Crippen molar-refractivity contribution in [3.8, 4) is 5.75 Å². The molecule has 2 N–H and O–H groups in total. The highest BCUT2D eigenvalue weighted by molar-refractivity contribution is 5.31. The van der Waals surface area contributed by atoms with E-state index in [-0.39, 0.29) is 0 Å². The molecule has 0 aliphatic heterocycles. The van der Waals surface area contributed by atoms with Crippen molar-refractivity contribution in [2.75, 3.05) is 6.54 Å². The smallest absolute Gasteiger partial charge is 0.118 e. The molecule has 1 aromatic carbocycles. The summed E-state index contributed by atoms with van der Waals surface area (Å²) in [6.07, 6.45) is 2.04. The number of benzene rings is 1. The Hall–Kier alpha value is -1.02. The van der Waals surface area contributed by atoms with Gasteiger partial charge in [0.1, 0.15) is 5.75 Å². The van der Waals surface area contributed by atoms with Crippen LogP contribution in [0.2, 0.25) is 0 Å². The number of hydrogen-bond donors (Lipinski definition) is 2. The largest absolute Gasteiger partial charge is 0.508 e. The molecule has 90 valence electrons. The number of para-hydroxylation sites is 1. The highest BCUT2D eigenvalue weighted by Gasteiger charge is 2.09. The molecule has 0 heterocycles. The third kappa shape index (κ3) is 3.86. The predicted octanol–water partition coefficient (Wildman–Crippen LogP) is 2.96. The van der Waals surface area contributed by atoms with Crippen LogP contribution in [0, 0.1) is 5.92 Å². The van der Waals surface area contributed by atoms with Gasteiger partial charge in [-0.15, -0.1) is 0 Å². The number of aromatic hydroxyl groups is 1. The van der Waals surface area contributed by atoms with Crippen LogP contribution in [0.4, 0.5) is 0 Å². The topological polar surface area (TPSA) is 32.3 Å². The minimum atomic E-state index is 0.405. The van der Waals surface area contributed by atoms with Crippen molar-refractivity contribution in [2.24, 2.45) is 5.92 Å². The summed E-state index contributed by atoms with van der Waals surface area (Å²) in [4.78, 5) is 0. The highest BCUT2D eigenvalue weighted by atomic mass is 16.3. The summed E-state index contributed by atoms with van der Waals surface area (Å²) in [5, 5.41) is 13.1. The second-order valence-corrected chi connectivity index (χ2v) is 4.59. The first kappa shape index (κ1) is 13.0. The Kier molecular flexibility index (Phi) is 5.33. The molecule has 0 spiro atoms. The highest BCUT2D eigenvalue weighted by Crippen LogP contribution is 2.15. The number of phenolic OH excluding ortho intramolecular Hbond substituents is 1. The maximum Gasteiger partial charge on any atom is 0.118 e. The Morgan fingerprint density at radius 3 is 2.50 bits per heavy atom. The van der Waals surface area contributed by atoms with Crippen LogP contribution in [0.15, 0.2) is 24.3 Å². The van der Waals surface area contributed by atoms with E-state index in [9.17, 15) is 5.11 Å². The first-order valence-corrected chi connectivity index (χ1v) is 6.15. The average molecular weight is 221 g/mol. The molecule has 0 amide bonds. The first-order chi connectivity index (χ1) is 7.65. The Bertz CT molecular complexity index is 309. The fourth-order valence-corrected chi connectivity index (χ4v) is 1.97. The molecular formula is C14H23NO. The lowest BCUT2D eigenvalue weighted by atomic mass is 10.0. The summed E-state index contributed by atoms with van der Waals surface area (Å²) >= 11 is 0. The lowest BCUT2D eigenvalue weighted by Crippen LogP contribution is -2.34. The van der Waals surface area contributed by atoms with Crippen molar-refractivity contribution >= 4 is 0 Å². The summed E-state index contributed by atoms with van der Waals surface area (Å²) in [7, 11) is 0. The van der Waals surface area contributed by atoms with Gasteiger partial charge in [0.2, 0.25) is 0 Å². The van der Waals surface area contributed by atoms with E-state index in [2.05, 4.69) is 26.1 Å². The third-order valence-electron chi connectivity index (χ3n) is 3.04. The standard InChI is InChI=1S/C14H23NO/c1-4-13(11(2)3)15-10-9-12-7-5-6-8-14(12)16/h5-8,11,13,15-16H,4,9-10H2,1-3H3. The van der Waals surface area contributed by atoms with Crippen molar-refractivity contribution in [1.29, 1.82) is 0 Å². The fourth-order valence-electron chi connectivity index (χ4n) is 1.97. The van der Waals surface area contributed by atoms with Crippen LogP contribution in [0.5, 0.6) is 5.75 Å². The molecule has 0 bridgehead atoms. The van der Waals surface area contributed by atoms with Gasteiger partial charge in [-0.25, -0.2) is 0 Å². The zero-order valence-electron chi connectivity index (χ0n) is 10.5. The van der Waals surface area contributed by atoms with Crippen molar-refractivity contribution < 1.29 is 5.11 Å². The number of hydrogen-bond acceptors (Lipinski definition) is 2. The van der Waals surface area contributed by atoms with Gasteiger partial charge >= 0.3 is 0 Å². The normalized spacial score (nSPS) is 13.0. The van der Waals surface area contributed by atoms with Crippen molar-refractivity contribution in [3.05, 3.63) is 29.8 Å². The Balaban J connectivity index is 2.38. The molecular weight excluding hydrogens is 198 g/mol. The zero-order valence-corrected chi connectivity index (χ0v) is 10.5. The monoisotopic (exact) mass is 221 g/mol. The lowest BCUT2D eigenvalue weighted by Gasteiger charge is -2.20. The van der Waals surface area contributed by atoms with Crippen molar-refractivity contribution in [1.82, 2.24) is 5.32 Å². The maximum absolute atomic E-state index is 9.61. The van der Waals surface area contributed by atoms with Crippen molar-refractivity contribution in [2.45, 2.75) is 39.7 Å². The molecule has 0 fully saturated rings. The molecule has 1 atom stereocenters. The van der Waals surface area contributed by atoms with Gasteiger partial charge in [-0.3, -0.25) is 0 Å². The van der Waals surface area contributed by atoms with Gasteiger partial charge in [0.25, 0.3) is 0 Å². The molecule has 0 saturated heterocycles. The molecule has 1 rings (SSSR count). The second-order valence-electron chi connectivity index (χ2n) is 4.59. The average Bonchev–Trinajstić information content (AvgIpc) is 2.26. The number of phenols is 1. The molecule has 0 aliphatic rings. The van der Waals surface area contributed by atoms with E-state index in [0.717, 1.165) is 24.9 Å². The summed E-state index contributed by atoms with van der Waals surface area (Å²) < 4.78 is 0. The van der Waals surface area contributed by atoms with Crippen molar-refractivity contribution in [3.63, 3.8) is 0 Å². The van der Waals surface area contributed by atoms with Gasteiger partial charge < -0.3 is 10.4 Å². The van der Waals surface area contributed by atoms with E-state index in [0.29, 0.717) is 17.7 Å². The molecule has 16 heavy (non-hydrogen) atoms. The summed E-state index contributed by atoms with van der Waals surface area (Å²) in [6, 6.07) is 8.12. The number of nitrogens with one attached hydrogen (secondary N) is 1. The zero-order chi connectivity index (χ0) is 12.0. The van der Waals surface area contributed by atoms with Crippen LogP contribution in [0.3, 0.4) is 0 Å². The maximum atomic E-state index is 9.61. The molecule has 1 unspecified atom stereocenters. The third-order valence-corrected chi connectivity index (χ3v) is 3.04. The van der Waals surface area contributed by atoms with E-state index >= 15 is 0 Å². The van der Waals surface area contributed by atoms with E-state index in [4.69, 9.17) is 0 Å². The second kappa shape index (κ2) is 6.54. The molecule has 0 aliphatic carbocycles. The quantitative estimate of drug-likeness (QED) is 0.774.